The third-order valence-electron chi connectivity index (χ3n) is 2.65. The summed E-state index contributed by atoms with van der Waals surface area (Å²) in [5.74, 6) is -0.164. The van der Waals surface area contributed by atoms with Gasteiger partial charge in [0.15, 0.2) is 6.10 Å². The molecule has 0 aliphatic heterocycles. The van der Waals surface area contributed by atoms with E-state index in [1.807, 2.05) is 13.8 Å². The zero-order valence-electron chi connectivity index (χ0n) is 10.6. The van der Waals surface area contributed by atoms with Gasteiger partial charge in [-0.2, -0.15) is 0 Å². The molecule has 1 N–H and O–H groups in total. The predicted octanol–water partition coefficient (Wildman–Crippen LogP) is 1.91. The fraction of sp³-hybridized carbons (Fsp3) is 0.462. The molecule has 0 spiro atoms. The van der Waals surface area contributed by atoms with Gasteiger partial charge in [0.25, 0.3) is 0 Å². The van der Waals surface area contributed by atoms with Gasteiger partial charge in [-0.25, -0.2) is 4.79 Å². The highest BCUT2D eigenvalue weighted by Crippen LogP contribution is 2.29. The minimum Gasteiger partial charge on any atom is -0.496 e. The average Bonchev–Trinajstić information content (AvgIpc) is 2.31. The lowest BCUT2D eigenvalue weighted by Crippen LogP contribution is -2.16. The molecule has 17 heavy (non-hydrogen) atoms. The second kappa shape index (κ2) is 5.68. The third kappa shape index (κ3) is 2.97. The van der Waals surface area contributed by atoms with Crippen LogP contribution in [0.25, 0.3) is 0 Å². The normalized spacial score (nSPS) is 12.1. The van der Waals surface area contributed by atoms with Crippen LogP contribution >= 0.6 is 0 Å². The minimum absolute atomic E-state index is 0.239. The number of benzene rings is 1. The number of aliphatic hydroxyl groups excluding tert-OH is 1. The monoisotopic (exact) mass is 238 g/mol. The largest absolute Gasteiger partial charge is 0.496 e. The van der Waals surface area contributed by atoms with E-state index < -0.39 is 12.1 Å². The molecule has 0 saturated carbocycles. The third-order valence-corrected chi connectivity index (χ3v) is 2.65. The van der Waals surface area contributed by atoms with Crippen molar-refractivity contribution in [1.29, 1.82) is 0 Å². The van der Waals surface area contributed by atoms with Crippen molar-refractivity contribution in [3.8, 4) is 5.75 Å². The molecule has 0 radical (unpaired) electrons. The summed E-state index contributed by atoms with van der Waals surface area (Å²) in [6.45, 7) is 5.79. The number of aliphatic hydroxyl groups is 1. The first-order valence-corrected chi connectivity index (χ1v) is 5.51. The molecule has 4 heteroatoms. The van der Waals surface area contributed by atoms with Crippen LogP contribution in [0.3, 0.4) is 0 Å². The Bertz CT molecular complexity index is 412. The number of methoxy groups -OCH3 is 1. The molecule has 94 valence electrons. The van der Waals surface area contributed by atoms with Crippen LogP contribution in [-0.4, -0.2) is 24.8 Å². The maximum absolute atomic E-state index is 11.5. The van der Waals surface area contributed by atoms with Crippen LogP contribution < -0.4 is 4.74 Å². The van der Waals surface area contributed by atoms with Gasteiger partial charge >= 0.3 is 5.97 Å². The number of carbonyl (C=O) groups excluding carboxylic acids is 1. The standard InChI is InChI=1S/C13H18O4/c1-5-17-13(15)12(14)10-6-8(2)9(3)7-11(10)16-4/h6-7,12,14H,5H2,1-4H3. The molecule has 4 nitrogen and oxygen atoms in total. The van der Waals surface area contributed by atoms with E-state index in [1.165, 1.54) is 7.11 Å². The van der Waals surface area contributed by atoms with Crippen molar-refractivity contribution in [2.24, 2.45) is 0 Å². The SMILES string of the molecule is CCOC(=O)C(O)c1cc(C)c(C)cc1OC. The summed E-state index contributed by atoms with van der Waals surface area (Å²) >= 11 is 0. The molecular formula is C13H18O4. The molecule has 1 aromatic rings. The van der Waals surface area contributed by atoms with Crippen molar-refractivity contribution < 1.29 is 19.4 Å². The molecular weight excluding hydrogens is 220 g/mol. The Morgan fingerprint density at radius 1 is 1.35 bits per heavy atom. The van der Waals surface area contributed by atoms with Crippen molar-refractivity contribution >= 4 is 5.97 Å². The quantitative estimate of drug-likeness (QED) is 0.814. The van der Waals surface area contributed by atoms with E-state index in [0.717, 1.165) is 11.1 Å². The summed E-state index contributed by atoms with van der Waals surface area (Å²) in [5, 5.41) is 9.89. The Balaban J connectivity index is 3.11. The number of esters is 1. The topological polar surface area (TPSA) is 55.8 Å². The minimum atomic E-state index is -1.30. The van der Waals surface area contributed by atoms with Crippen LogP contribution in [0.1, 0.15) is 29.7 Å². The van der Waals surface area contributed by atoms with Crippen molar-refractivity contribution in [1.82, 2.24) is 0 Å². The fourth-order valence-electron chi connectivity index (χ4n) is 1.55. The van der Waals surface area contributed by atoms with Gasteiger partial charge < -0.3 is 14.6 Å². The summed E-state index contributed by atoms with van der Waals surface area (Å²) in [4.78, 5) is 11.5. The summed E-state index contributed by atoms with van der Waals surface area (Å²) in [6.07, 6.45) is -1.30. The van der Waals surface area contributed by atoms with Gasteiger partial charge in [0.05, 0.1) is 13.7 Å². The van der Waals surface area contributed by atoms with Crippen LogP contribution in [0.5, 0.6) is 5.75 Å². The zero-order chi connectivity index (χ0) is 13.0. The van der Waals surface area contributed by atoms with E-state index in [9.17, 15) is 9.90 Å². The molecule has 0 bridgehead atoms. The smallest absolute Gasteiger partial charge is 0.339 e. The summed E-state index contributed by atoms with van der Waals surface area (Å²) in [6, 6.07) is 3.54. The average molecular weight is 238 g/mol. The van der Waals surface area contributed by atoms with Crippen molar-refractivity contribution in [3.63, 3.8) is 0 Å². The maximum atomic E-state index is 11.5. The predicted molar refractivity (Wildman–Crippen MR) is 64.1 cm³/mol. The Hall–Kier alpha value is -1.55. The van der Waals surface area contributed by atoms with Crippen molar-refractivity contribution in [3.05, 3.63) is 28.8 Å². The second-order valence-electron chi connectivity index (χ2n) is 3.83. The van der Waals surface area contributed by atoms with E-state index in [4.69, 9.17) is 9.47 Å². The number of hydrogen-bond donors (Lipinski definition) is 1. The number of rotatable bonds is 4. The van der Waals surface area contributed by atoms with Crippen LogP contribution in [0.2, 0.25) is 0 Å². The molecule has 1 aromatic carbocycles. The molecule has 1 unspecified atom stereocenters. The molecule has 0 aromatic heterocycles. The lowest BCUT2D eigenvalue weighted by atomic mass is 10.0. The molecule has 0 heterocycles. The van der Waals surface area contributed by atoms with Crippen LogP contribution in [-0.2, 0) is 9.53 Å². The highest BCUT2D eigenvalue weighted by molar-refractivity contribution is 5.77. The Kier molecular flexibility index (Phi) is 4.52. The molecule has 0 fully saturated rings. The van der Waals surface area contributed by atoms with E-state index in [1.54, 1.807) is 19.1 Å². The van der Waals surface area contributed by atoms with E-state index in [-0.39, 0.29) is 6.61 Å². The number of hydrogen-bond acceptors (Lipinski definition) is 4. The first-order valence-electron chi connectivity index (χ1n) is 5.51. The fourth-order valence-corrected chi connectivity index (χ4v) is 1.55. The highest BCUT2D eigenvalue weighted by Gasteiger charge is 2.23. The van der Waals surface area contributed by atoms with Gasteiger partial charge in [-0.1, -0.05) is 0 Å². The van der Waals surface area contributed by atoms with Gasteiger partial charge in [0.1, 0.15) is 5.75 Å². The van der Waals surface area contributed by atoms with E-state index in [2.05, 4.69) is 0 Å². The first-order chi connectivity index (χ1) is 8.01. The van der Waals surface area contributed by atoms with Gasteiger partial charge in [-0.3, -0.25) is 0 Å². The number of carbonyl (C=O) groups is 1. The molecule has 0 aliphatic carbocycles. The van der Waals surface area contributed by atoms with Crippen LogP contribution in [0.15, 0.2) is 12.1 Å². The maximum Gasteiger partial charge on any atom is 0.339 e. The summed E-state index contributed by atoms with van der Waals surface area (Å²) in [5.41, 5.74) is 2.47. The lowest BCUT2D eigenvalue weighted by molar-refractivity contribution is -0.153. The Labute approximate surface area is 101 Å². The van der Waals surface area contributed by atoms with E-state index >= 15 is 0 Å². The molecule has 1 rings (SSSR count). The van der Waals surface area contributed by atoms with Gasteiger partial charge in [-0.05, 0) is 44.0 Å². The van der Waals surface area contributed by atoms with Gasteiger partial charge in [0.2, 0.25) is 0 Å². The molecule has 0 amide bonds. The highest BCUT2D eigenvalue weighted by atomic mass is 16.5. The molecule has 1 atom stereocenters. The van der Waals surface area contributed by atoms with E-state index in [0.29, 0.717) is 11.3 Å². The van der Waals surface area contributed by atoms with Gasteiger partial charge in [-0.15, -0.1) is 0 Å². The molecule has 0 aliphatic rings. The van der Waals surface area contributed by atoms with Crippen molar-refractivity contribution in [2.75, 3.05) is 13.7 Å². The van der Waals surface area contributed by atoms with Crippen LogP contribution in [0.4, 0.5) is 0 Å². The number of aryl methyl sites for hydroxylation is 2. The lowest BCUT2D eigenvalue weighted by Gasteiger charge is -2.15. The van der Waals surface area contributed by atoms with Gasteiger partial charge in [0, 0.05) is 5.56 Å². The Morgan fingerprint density at radius 2 is 1.94 bits per heavy atom. The second-order valence-corrected chi connectivity index (χ2v) is 3.83. The molecule has 0 saturated heterocycles. The van der Waals surface area contributed by atoms with Crippen LogP contribution in [0, 0.1) is 13.8 Å². The summed E-state index contributed by atoms with van der Waals surface area (Å²) < 4.78 is 9.95. The number of ether oxygens (including phenoxy) is 2. The zero-order valence-corrected chi connectivity index (χ0v) is 10.6. The first kappa shape index (κ1) is 13.5. The van der Waals surface area contributed by atoms with Crippen molar-refractivity contribution in [2.45, 2.75) is 26.9 Å². The Morgan fingerprint density at radius 3 is 2.47 bits per heavy atom. The summed E-state index contributed by atoms with van der Waals surface area (Å²) in [7, 11) is 1.51.